The van der Waals surface area contributed by atoms with E-state index in [0.29, 0.717) is 5.96 Å². The first-order chi connectivity index (χ1) is 10.2. The van der Waals surface area contributed by atoms with Gasteiger partial charge >= 0.3 is 0 Å². The lowest BCUT2D eigenvalue weighted by atomic mass is 10.1. The first-order valence-electron chi connectivity index (χ1n) is 7.34. The van der Waals surface area contributed by atoms with Crippen molar-refractivity contribution in [2.75, 3.05) is 18.4 Å². The van der Waals surface area contributed by atoms with Crippen LogP contribution >= 0.6 is 15.9 Å². The SMILES string of the molecule is CCNC(=NCC(=O)Nc1cc(Br)ccc1C)NC(C)(C)C. The monoisotopic (exact) mass is 368 g/mol. The highest BCUT2D eigenvalue weighted by Gasteiger charge is 2.12. The molecule has 0 spiro atoms. The molecule has 0 aliphatic carbocycles. The van der Waals surface area contributed by atoms with Gasteiger partial charge in [0.25, 0.3) is 0 Å². The lowest BCUT2D eigenvalue weighted by Crippen LogP contribution is -2.47. The smallest absolute Gasteiger partial charge is 0.246 e. The second kappa shape index (κ2) is 8.17. The van der Waals surface area contributed by atoms with Gasteiger partial charge in [0.1, 0.15) is 6.54 Å². The Morgan fingerprint density at radius 2 is 2.00 bits per heavy atom. The van der Waals surface area contributed by atoms with E-state index in [9.17, 15) is 4.79 Å². The van der Waals surface area contributed by atoms with Crippen LogP contribution in [0, 0.1) is 6.92 Å². The van der Waals surface area contributed by atoms with Crippen LogP contribution in [0.1, 0.15) is 33.3 Å². The third kappa shape index (κ3) is 6.93. The number of hydrogen-bond acceptors (Lipinski definition) is 2. The molecule has 1 amide bonds. The van der Waals surface area contributed by atoms with Crippen molar-refractivity contribution in [3.8, 4) is 0 Å². The van der Waals surface area contributed by atoms with Gasteiger partial charge in [0.05, 0.1) is 0 Å². The van der Waals surface area contributed by atoms with Crippen LogP contribution in [0.3, 0.4) is 0 Å². The molecule has 6 heteroatoms. The molecule has 1 aromatic rings. The Kier molecular flexibility index (Phi) is 6.87. The number of carbonyl (C=O) groups is 1. The number of nitrogens with zero attached hydrogens (tertiary/aromatic N) is 1. The normalized spacial score (nSPS) is 12.0. The molecule has 0 saturated heterocycles. The van der Waals surface area contributed by atoms with Crippen LogP contribution in [0.25, 0.3) is 0 Å². The van der Waals surface area contributed by atoms with Crippen molar-refractivity contribution in [2.45, 2.75) is 40.2 Å². The molecule has 122 valence electrons. The van der Waals surface area contributed by atoms with Crippen molar-refractivity contribution in [1.29, 1.82) is 0 Å². The predicted octanol–water partition coefficient (Wildman–Crippen LogP) is 3.05. The first-order valence-corrected chi connectivity index (χ1v) is 8.13. The maximum atomic E-state index is 12.1. The second-order valence-corrected chi connectivity index (χ2v) is 6.99. The molecule has 0 aliphatic rings. The zero-order valence-corrected chi connectivity index (χ0v) is 15.5. The molecule has 22 heavy (non-hydrogen) atoms. The van der Waals surface area contributed by atoms with E-state index in [1.54, 1.807) is 0 Å². The standard InChI is InChI=1S/C16H25BrN4O/c1-6-18-15(21-16(3,4)5)19-10-14(22)20-13-9-12(17)8-7-11(13)2/h7-9H,6,10H2,1-5H3,(H,20,22)(H2,18,19,21). The first kappa shape index (κ1) is 18.5. The average molecular weight is 369 g/mol. The molecule has 0 heterocycles. The molecular weight excluding hydrogens is 344 g/mol. The van der Waals surface area contributed by atoms with E-state index in [1.165, 1.54) is 0 Å². The molecule has 0 aliphatic heterocycles. The number of hydrogen-bond donors (Lipinski definition) is 3. The summed E-state index contributed by atoms with van der Waals surface area (Å²) in [6.07, 6.45) is 0. The highest BCUT2D eigenvalue weighted by atomic mass is 79.9. The minimum absolute atomic E-state index is 0.0668. The van der Waals surface area contributed by atoms with Gasteiger partial charge in [-0.05, 0) is 52.3 Å². The fraction of sp³-hybridized carbons (Fsp3) is 0.500. The van der Waals surface area contributed by atoms with E-state index in [0.717, 1.165) is 22.3 Å². The van der Waals surface area contributed by atoms with Crippen LogP contribution in [0.5, 0.6) is 0 Å². The van der Waals surface area contributed by atoms with E-state index < -0.39 is 0 Å². The maximum absolute atomic E-state index is 12.1. The van der Waals surface area contributed by atoms with Crippen LogP contribution in [0.4, 0.5) is 5.69 Å². The van der Waals surface area contributed by atoms with E-state index in [1.807, 2.05) is 52.8 Å². The quantitative estimate of drug-likeness (QED) is 0.565. The minimum atomic E-state index is -0.146. The average Bonchev–Trinajstić information content (AvgIpc) is 2.39. The molecule has 0 saturated carbocycles. The predicted molar refractivity (Wildman–Crippen MR) is 96.4 cm³/mol. The minimum Gasteiger partial charge on any atom is -0.357 e. The van der Waals surface area contributed by atoms with Crippen molar-refractivity contribution in [3.05, 3.63) is 28.2 Å². The fourth-order valence-corrected chi connectivity index (χ4v) is 2.09. The second-order valence-electron chi connectivity index (χ2n) is 6.08. The largest absolute Gasteiger partial charge is 0.357 e. The number of rotatable bonds is 4. The zero-order chi connectivity index (χ0) is 16.8. The zero-order valence-electron chi connectivity index (χ0n) is 13.9. The van der Waals surface area contributed by atoms with E-state index >= 15 is 0 Å². The number of halogens is 1. The summed E-state index contributed by atoms with van der Waals surface area (Å²) in [6.45, 7) is 10.9. The van der Waals surface area contributed by atoms with Crippen molar-refractivity contribution in [3.63, 3.8) is 0 Å². The number of nitrogens with one attached hydrogen (secondary N) is 3. The summed E-state index contributed by atoms with van der Waals surface area (Å²) in [5.74, 6) is 0.489. The van der Waals surface area contributed by atoms with Crippen LogP contribution in [-0.4, -0.2) is 30.5 Å². The van der Waals surface area contributed by atoms with Gasteiger partial charge in [-0.25, -0.2) is 4.99 Å². The summed E-state index contributed by atoms with van der Waals surface area (Å²) in [5, 5.41) is 9.26. The van der Waals surface area contributed by atoms with Crippen LogP contribution < -0.4 is 16.0 Å². The van der Waals surface area contributed by atoms with Gasteiger partial charge in [-0.15, -0.1) is 0 Å². The molecule has 0 bridgehead atoms. The molecule has 5 nitrogen and oxygen atoms in total. The van der Waals surface area contributed by atoms with Gasteiger partial charge in [-0.2, -0.15) is 0 Å². The van der Waals surface area contributed by atoms with Crippen molar-refractivity contribution in [1.82, 2.24) is 10.6 Å². The third-order valence-corrected chi connectivity index (χ3v) is 3.19. The van der Waals surface area contributed by atoms with Gasteiger partial charge < -0.3 is 16.0 Å². The molecule has 0 fully saturated rings. The number of anilines is 1. The van der Waals surface area contributed by atoms with Gasteiger partial charge in [-0.1, -0.05) is 22.0 Å². The van der Waals surface area contributed by atoms with E-state index in [2.05, 4.69) is 36.9 Å². The Morgan fingerprint density at radius 1 is 1.32 bits per heavy atom. The van der Waals surface area contributed by atoms with E-state index in [4.69, 9.17) is 0 Å². The van der Waals surface area contributed by atoms with Gasteiger partial charge in [0, 0.05) is 22.2 Å². The summed E-state index contributed by atoms with van der Waals surface area (Å²) >= 11 is 3.40. The molecule has 1 aromatic carbocycles. The topological polar surface area (TPSA) is 65.5 Å². The lowest BCUT2D eigenvalue weighted by molar-refractivity contribution is -0.114. The van der Waals surface area contributed by atoms with Crippen molar-refractivity contribution >= 4 is 33.5 Å². The Labute approximate surface area is 141 Å². The highest BCUT2D eigenvalue weighted by Crippen LogP contribution is 2.20. The summed E-state index contributed by atoms with van der Waals surface area (Å²) < 4.78 is 0.930. The van der Waals surface area contributed by atoms with E-state index in [-0.39, 0.29) is 18.0 Å². The lowest BCUT2D eigenvalue weighted by Gasteiger charge is -2.23. The Morgan fingerprint density at radius 3 is 2.59 bits per heavy atom. The number of carbonyl (C=O) groups excluding carboxylic acids is 1. The molecule has 3 N–H and O–H groups in total. The Hall–Kier alpha value is -1.56. The van der Waals surface area contributed by atoms with Crippen molar-refractivity contribution in [2.24, 2.45) is 4.99 Å². The number of aliphatic imine (C=N–C) groups is 1. The van der Waals surface area contributed by atoms with Gasteiger partial charge in [0.15, 0.2) is 5.96 Å². The number of benzene rings is 1. The molecule has 1 rings (SSSR count). The maximum Gasteiger partial charge on any atom is 0.246 e. The van der Waals surface area contributed by atoms with Crippen LogP contribution in [0.15, 0.2) is 27.7 Å². The van der Waals surface area contributed by atoms with Crippen LogP contribution in [0.2, 0.25) is 0 Å². The highest BCUT2D eigenvalue weighted by molar-refractivity contribution is 9.10. The summed E-state index contributed by atoms with van der Waals surface area (Å²) in [4.78, 5) is 16.4. The molecule has 0 atom stereocenters. The number of guanidine groups is 1. The molecule has 0 radical (unpaired) electrons. The molecular formula is C16H25BrN4O. The van der Waals surface area contributed by atoms with Gasteiger partial charge in [0.2, 0.25) is 5.91 Å². The number of amides is 1. The summed E-state index contributed by atoms with van der Waals surface area (Å²) in [7, 11) is 0. The van der Waals surface area contributed by atoms with Gasteiger partial charge in [-0.3, -0.25) is 4.79 Å². The molecule has 0 unspecified atom stereocenters. The third-order valence-electron chi connectivity index (χ3n) is 2.69. The number of aryl methyl sites for hydroxylation is 1. The fourth-order valence-electron chi connectivity index (χ4n) is 1.73. The summed E-state index contributed by atoms with van der Waals surface area (Å²) in [6, 6.07) is 5.78. The van der Waals surface area contributed by atoms with Crippen molar-refractivity contribution < 1.29 is 4.79 Å². The van der Waals surface area contributed by atoms with Crippen LogP contribution in [-0.2, 0) is 4.79 Å². The molecule has 0 aromatic heterocycles. The summed E-state index contributed by atoms with van der Waals surface area (Å²) in [5.41, 5.74) is 1.70. The Balaban J connectivity index is 2.69. The Bertz CT molecular complexity index is 550.